The minimum atomic E-state index is -3.09. The van der Waals surface area contributed by atoms with Crippen LogP contribution in [0.2, 0.25) is 0 Å². The zero-order chi connectivity index (χ0) is 13.8. The number of aryl methyl sites for hydroxylation is 1. The number of carbonyl (C=O) groups is 1. The third-order valence-electron chi connectivity index (χ3n) is 2.57. The van der Waals surface area contributed by atoms with Gasteiger partial charge < -0.3 is 5.32 Å². The smallest absolute Gasteiger partial charge is 0.251 e. The van der Waals surface area contributed by atoms with Crippen molar-refractivity contribution in [3.05, 3.63) is 35.1 Å². The maximum absolute atomic E-state index is 12.9. The van der Waals surface area contributed by atoms with Crippen LogP contribution in [-0.4, -0.2) is 32.4 Å². The zero-order valence-electron chi connectivity index (χ0n) is 10.4. The van der Waals surface area contributed by atoms with Crippen molar-refractivity contribution in [2.45, 2.75) is 13.8 Å². The molecular weight excluding hydrogens is 257 g/mol. The quantitative estimate of drug-likeness (QED) is 0.879. The summed E-state index contributed by atoms with van der Waals surface area (Å²) in [5, 5.41) is 2.51. The molecule has 0 fully saturated rings. The summed E-state index contributed by atoms with van der Waals surface area (Å²) in [6.07, 6.45) is 0. The molecule has 4 nitrogen and oxygen atoms in total. The molecule has 0 saturated heterocycles. The van der Waals surface area contributed by atoms with Crippen molar-refractivity contribution in [3.8, 4) is 0 Å². The van der Waals surface area contributed by atoms with Crippen LogP contribution in [0, 0.1) is 12.7 Å². The Labute approximate surface area is 106 Å². The molecule has 0 aliphatic heterocycles. The van der Waals surface area contributed by atoms with E-state index < -0.39 is 15.7 Å². The molecule has 0 atom stereocenters. The zero-order valence-corrected chi connectivity index (χ0v) is 11.2. The Balaban J connectivity index is 2.61. The van der Waals surface area contributed by atoms with E-state index in [1.54, 1.807) is 13.8 Å². The average Bonchev–Trinajstić information content (AvgIpc) is 2.28. The number of hydrogen-bond acceptors (Lipinski definition) is 3. The van der Waals surface area contributed by atoms with Crippen molar-refractivity contribution in [1.82, 2.24) is 5.32 Å². The van der Waals surface area contributed by atoms with E-state index >= 15 is 0 Å². The third kappa shape index (κ3) is 4.10. The third-order valence-corrected chi connectivity index (χ3v) is 4.28. The van der Waals surface area contributed by atoms with Crippen molar-refractivity contribution in [1.29, 1.82) is 0 Å². The van der Waals surface area contributed by atoms with Crippen molar-refractivity contribution < 1.29 is 17.6 Å². The summed E-state index contributed by atoms with van der Waals surface area (Å²) in [4.78, 5) is 11.7. The van der Waals surface area contributed by atoms with Gasteiger partial charge in [-0.2, -0.15) is 0 Å². The molecule has 1 rings (SSSR count). The van der Waals surface area contributed by atoms with Gasteiger partial charge in [0.25, 0.3) is 5.91 Å². The van der Waals surface area contributed by atoms with E-state index in [0.29, 0.717) is 11.1 Å². The summed E-state index contributed by atoms with van der Waals surface area (Å²) >= 11 is 0. The summed E-state index contributed by atoms with van der Waals surface area (Å²) in [6.45, 7) is 3.24. The second kappa shape index (κ2) is 5.95. The molecule has 0 saturated carbocycles. The van der Waals surface area contributed by atoms with Crippen molar-refractivity contribution in [2.24, 2.45) is 0 Å². The van der Waals surface area contributed by atoms with Crippen LogP contribution in [-0.2, 0) is 9.84 Å². The SMILES string of the molecule is CCS(=O)(=O)CCNC(=O)c1ccc(F)cc1C. The summed E-state index contributed by atoms with van der Waals surface area (Å²) in [5.74, 6) is -0.829. The van der Waals surface area contributed by atoms with Gasteiger partial charge in [0, 0.05) is 17.9 Å². The predicted octanol–water partition coefficient (Wildman–Crippen LogP) is 1.30. The first kappa shape index (κ1) is 14.6. The lowest BCUT2D eigenvalue weighted by Gasteiger charge is -2.07. The van der Waals surface area contributed by atoms with Crippen LogP contribution in [0.15, 0.2) is 18.2 Å². The van der Waals surface area contributed by atoms with Crippen LogP contribution in [0.4, 0.5) is 4.39 Å². The van der Waals surface area contributed by atoms with Crippen LogP contribution in [0.3, 0.4) is 0 Å². The molecule has 1 aromatic carbocycles. The highest BCUT2D eigenvalue weighted by atomic mass is 32.2. The molecule has 0 bridgehead atoms. The Morgan fingerprint density at radius 3 is 2.61 bits per heavy atom. The molecule has 0 heterocycles. The van der Waals surface area contributed by atoms with Gasteiger partial charge in [0.05, 0.1) is 5.75 Å². The van der Waals surface area contributed by atoms with Gasteiger partial charge in [-0.3, -0.25) is 4.79 Å². The fourth-order valence-electron chi connectivity index (χ4n) is 1.44. The second-order valence-corrected chi connectivity index (χ2v) is 6.42. The Bertz CT molecular complexity index is 540. The summed E-state index contributed by atoms with van der Waals surface area (Å²) < 4.78 is 35.3. The number of amides is 1. The molecule has 0 radical (unpaired) electrons. The molecule has 6 heteroatoms. The standard InChI is InChI=1S/C12H16FNO3S/c1-3-18(16,17)7-6-14-12(15)11-5-4-10(13)8-9(11)2/h4-5,8H,3,6-7H2,1-2H3,(H,14,15). The minimum Gasteiger partial charge on any atom is -0.351 e. The van der Waals surface area contributed by atoms with E-state index in [9.17, 15) is 17.6 Å². The highest BCUT2D eigenvalue weighted by Crippen LogP contribution is 2.09. The van der Waals surface area contributed by atoms with Gasteiger partial charge in [-0.05, 0) is 30.7 Å². The Hall–Kier alpha value is -1.43. The van der Waals surface area contributed by atoms with E-state index in [1.165, 1.54) is 18.2 Å². The summed E-state index contributed by atoms with van der Waals surface area (Å²) in [6, 6.07) is 3.84. The first-order valence-corrected chi connectivity index (χ1v) is 7.42. The maximum Gasteiger partial charge on any atom is 0.251 e. The molecule has 0 aliphatic carbocycles. The highest BCUT2D eigenvalue weighted by molar-refractivity contribution is 7.91. The summed E-state index contributed by atoms with van der Waals surface area (Å²) in [7, 11) is -3.09. The first-order chi connectivity index (χ1) is 8.35. The molecular formula is C12H16FNO3S. The summed E-state index contributed by atoms with van der Waals surface area (Å²) in [5.41, 5.74) is 0.871. The van der Waals surface area contributed by atoms with Crippen LogP contribution < -0.4 is 5.32 Å². The number of carbonyl (C=O) groups excluding carboxylic acids is 1. The lowest BCUT2D eigenvalue weighted by Crippen LogP contribution is -2.30. The van der Waals surface area contributed by atoms with E-state index in [0.717, 1.165) is 0 Å². The molecule has 18 heavy (non-hydrogen) atoms. The topological polar surface area (TPSA) is 63.2 Å². The Morgan fingerprint density at radius 1 is 1.39 bits per heavy atom. The van der Waals surface area contributed by atoms with Gasteiger partial charge in [0.15, 0.2) is 9.84 Å². The number of nitrogens with one attached hydrogen (secondary N) is 1. The highest BCUT2D eigenvalue weighted by Gasteiger charge is 2.11. The second-order valence-electron chi connectivity index (χ2n) is 3.95. The molecule has 1 N–H and O–H groups in total. The molecule has 100 valence electrons. The molecule has 0 aliphatic rings. The maximum atomic E-state index is 12.9. The minimum absolute atomic E-state index is 0.0540. The molecule has 0 aromatic heterocycles. The lowest BCUT2D eigenvalue weighted by molar-refractivity contribution is 0.0955. The fraction of sp³-hybridized carbons (Fsp3) is 0.417. The Morgan fingerprint density at radius 2 is 2.06 bits per heavy atom. The monoisotopic (exact) mass is 273 g/mol. The van der Waals surface area contributed by atoms with Gasteiger partial charge in [-0.1, -0.05) is 6.92 Å². The number of halogens is 1. The lowest BCUT2D eigenvalue weighted by atomic mass is 10.1. The van der Waals surface area contributed by atoms with Gasteiger partial charge in [-0.25, -0.2) is 12.8 Å². The molecule has 1 aromatic rings. The normalized spacial score (nSPS) is 11.3. The van der Waals surface area contributed by atoms with E-state index in [-0.39, 0.29) is 24.0 Å². The molecule has 1 amide bonds. The van der Waals surface area contributed by atoms with E-state index in [2.05, 4.69) is 5.32 Å². The number of hydrogen-bond donors (Lipinski definition) is 1. The van der Waals surface area contributed by atoms with Gasteiger partial charge >= 0.3 is 0 Å². The van der Waals surface area contributed by atoms with Crippen molar-refractivity contribution in [2.75, 3.05) is 18.1 Å². The first-order valence-electron chi connectivity index (χ1n) is 5.60. The van der Waals surface area contributed by atoms with Crippen molar-refractivity contribution in [3.63, 3.8) is 0 Å². The number of benzene rings is 1. The molecule has 0 unspecified atom stereocenters. The van der Waals surface area contributed by atoms with Crippen LogP contribution in [0.5, 0.6) is 0 Å². The largest absolute Gasteiger partial charge is 0.351 e. The fourth-order valence-corrected chi connectivity index (χ4v) is 2.14. The average molecular weight is 273 g/mol. The molecule has 0 spiro atoms. The van der Waals surface area contributed by atoms with Crippen molar-refractivity contribution >= 4 is 15.7 Å². The van der Waals surface area contributed by atoms with Crippen LogP contribution in [0.25, 0.3) is 0 Å². The van der Waals surface area contributed by atoms with Crippen LogP contribution >= 0.6 is 0 Å². The van der Waals surface area contributed by atoms with E-state index in [4.69, 9.17) is 0 Å². The Kier molecular flexibility index (Phi) is 4.84. The predicted molar refractivity (Wildman–Crippen MR) is 67.8 cm³/mol. The van der Waals surface area contributed by atoms with Gasteiger partial charge in [-0.15, -0.1) is 0 Å². The van der Waals surface area contributed by atoms with Gasteiger partial charge in [0.1, 0.15) is 5.82 Å². The van der Waals surface area contributed by atoms with Gasteiger partial charge in [0.2, 0.25) is 0 Å². The van der Waals surface area contributed by atoms with E-state index in [1.807, 2.05) is 0 Å². The number of sulfone groups is 1. The number of rotatable bonds is 5. The van der Waals surface area contributed by atoms with Crippen LogP contribution in [0.1, 0.15) is 22.8 Å².